The van der Waals surface area contributed by atoms with Crippen LogP contribution in [0.15, 0.2) is 85.1 Å². The number of hydrogen-bond acceptors (Lipinski definition) is 6. The zero-order chi connectivity index (χ0) is 41.5. The Hall–Kier alpha value is -3.41. The SMILES string of the molecule is CC\C=C/C=C\C=C/C=C\CCCCCCCC(=O)OCC(COC(=O)CCCCCCCCCCCCCC)OC(=O)CCCC/C=C\C/C=C\C/C=C\CC. The molecule has 6 nitrogen and oxygen atoms in total. The van der Waals surface area contributed by atoms with Gasteiger partial charge in [0.15, 0.2) is 6.10 Å². The molecule has 1 unspecified atom stereocenters. The van der Waals surface area contributed by atoms with Gasteiger partial charge in [0.25, 0.3) is 0 Å². The minimum atomic E-state index is -0.803. The maximum Gasteiger partial charge on any atom is 0.306 e. The molecule has 0 spiro atoms. The van der Waals surface area contributed by atoms with Crippen molar-refractivity contribution in [2.24, 2.45) is 0 Å². The lowest BCUT2D eigenvalue weighted by Crippen LogP contribution is -2.30. The highest BCUT2D eigenvalue weighted by molar-refractivity contribution is 5.71. The van der Waals surface area contributed by atoms with Gasteiger partial charge in [-0.1, -0.05) is 196 Å². The minimum Gasteiger partial charge on any atom is -0.462 e. The highest BCUT2D eigenvalue weighted by Gasteiger charge is 2.19. The first-order valence-corrected chi connectivity index (χ1v) is 23.1. The Morgan fingerprint density at radius 2 is 0.772 bits per heavy atom. The van der Waals surface area contributed by atoms with Crippen LogP contribution < -0.4 is 0 Å². The fourth-order valence-electron chi connectivity index (χ4n) is 6.05. The number of hydrogen-bond donors (Lipinski definition) is 0. The Kier molecular flexibility index (Phi) is 42.6. The van der Waals surface area contributed by atoms with Crippen molar-refractivity contribution in [2.75, 3.05) is 13.2 Å². The second-order valence-corrected chi connectivity index (χ2v) is 15.0. The molecule has 0 aliphatic heterocycles. The zero-order valence-corrected chi connectivity index (χ0v) is 36.8. The summed E-state index contributed by atoms with van der Waals surface area (Å²) in [5.41, 5.74) is 0. The van der Waals surface area contributed by atoms with Crippen molar-refractivity contribution >= 4 is 17.9 Å². The van der Waals surface area contributed by atoms with Gasteiger partial charge < -0.3 is 14.2 Å². The van der Waals surface area contributed by atoms with Crippen LogP contribution >= 0.6 is 0 Å². The van der Waals surface area contributed by atoms with Crippen LogP contribution in [0.25, 0.3) is 0 Å². The molecule has 0 bridgehead atoms. The van der Waals surface area contributed by atoms with E-state index in [0.29, 0.717) is 19.3 Å². The summed E-state index contributed by atoms with van der Waals surface area (Å²) in [6.07, 6.45) is 57.1. The van der Waals surface area contributed by atoms with Crippen molar-refractivity contribution in [3.63, 3.8) is 0 Å². The van der Waals surface area contributed by atoms with Crippen molar-refractivity contribution < 1.29 is 28.6 Å². The number of carbonyl (C=O) groups is 3. The van der Waals surface area contributed by atoms with Gasteiger partial charge in [0.2, 0.25) is 0 Å². The molecule has 0 aromatic carbocycles. The van der Waals surface area contributed by atoms with Crippen molar-refractivity contribution in [3.8, 4) is 0 Å². The zero-order valence-electron chi connectivity index (χ0n) is 36.8. The van der Waals surface area contributed by atoms with E-state index in [1.54, 1.807) is 0 Å². The van der Waals surface area contributed by atoms with Crippen LogP contribution in [0.4, 0.5) is 0 Å². The summed E-state index contributed by atoms with van der Waals surface area (Å²) in [5.74, 6) is -0.970. The molecule has 0 amide bonds. The van der Waals surface area contributed by atoms with Crippen LogP contribution in [0.3, 0.4) is 0 Å². The third-order valence-corrected chi connectivity index (χ3v) is 9.49. The van der Waals surface area contributed by atoms with Gasteiger partial charge in [0.1, 0.15) is 13.2 Å². The molecule has 0 radical (unpaired) electrons. The smallest absolute Gasteiger partial charge is 0.306 e. The second kappa shape index (κ2) is 45.3. The Morgan fingerprint density at radius 3 is 1.32 bits per heavy atom. The summed E-state index contributed by atoms with van der Waals surface area (Å²) >= 11 is 0. The second-order valence-electron chi connectivity index (χ2n) is 15.0. The predicted octanol–water partition coefficient (Wildman–Crippen LogP) is 14.9. The van der Waals surface area contributed by atoms with Crippen molar-refractivity contribution in [3.05, 3.63) is 85.1 Å². The maximum atomic E-state index is 12.7. The highest BCUT2D eigenvalue weighted by Crippen LogP contribution is 2.14. The van der Waals surface area contributed by atoms with Gasteiger partial charge in [0, 0.05) is 19.3 Å². The van der Waals surface area contributed by atoms with Crippen LogP contribution in [-0.4, -0.2) is 37.2 Å². The van der Waals surface area contributed by atoms with Crippen LogP contribution in [0.1, 0.15) is 201 Å². The van der Waals surface area contributed by atoms with E-state index >= 15 is 0 Å². The van der Waals surface area contributed by atoms with E-state index < -0.39 is 6.10 Å². The average Bonchev–Trinajstić information content (AvgIpc) is 3.21. The van der Waals surface area contributed by atoms with E-state index in [4.69, 9.17) is 14.2 Å². The Labute approximate surface area is 350 Å². The third kappa shape index (κ3) is 43.6. The Morgan fingerprint density at radius 1 is 0.386 bits per heavy atom. The first-order chi connectivity index (χ1) is 28.0. The standard InChI is InChI=1S/C51H84O6/c1-4-7-10-13-16-19-22-25-26-27-30-32-35-38-41-44-50(53)56-47-48(57-51(54)45-42-39-36-33-29-24-21-18-15-12-9-6-3)46-55-49(52)43-40-37-34-31-28-23-20-17-14-11-8-5-2/h7,9-10,12-13,16,18-19,21-22,25-26,29,33,48H,4-6,8,11,14-15,17,20,23-24,27-28,30-32,34-47H2,1-3H3/b10-7-,12-9-,16-13-,21-18-,22-19-,26-25-,33-29-. The molecular weight excluding hydrogens is 709 g/mol. The normalized spacial score (nSPS) is 12.8. The first-order valence-electron chi connectivity index (χ1n) is 23.1. The largest absolute Gasteiger partial charge is 0.462 e. The molecule has 0 N–H and O–H groups in total. The summed E-state index contributed by atoms with van der Waals surface area (Å²) in [4.78, 5) is 37.8. The van der Waals surface area contributed by atoms with E-state index in [1.807, 2.05) is 24.3 Å². The predicted molar refractivity (Wildman–Crippen MR) is 242 cm³/mol. The molecule has 57 heavy (non-hydrogen) atoms. The molecule has 0 aliphatic rings. The van der Waals surface area contributed by atoms with E-state index in [1.165, 1.54) is 57.8 Å². The van der Waals surface area contributed by atoms with Gasteiger partial charge in [0.05, 0.1) is 0 Å². The molecule has 0 heterocycles. The van der Waals surface area contributed by atoms with Crippen LogP contribution in [0.5, 0.6) is 0 Å². The number of ether oxygens (including phenoxy) is 3. The Bertz CT molecular complexity index is 1140. The molecule has 6 heteroatoms. The van der Waals surface area contributed by atoms with Gasteiger partial charge in [-0.3, -0.25) is 14.4 Å². The molecule has 0 saturated heterocycles. The van der Waals surface area contributed by atoms with Gasteiger partial charge in [-0.05, 0) is 70.6 Å². The summed E-state index contributed by atoms with van der Waals surface area (Å²) < 4.78 is 16.7. The lowest BCUT2D eigenvalue weighted by atomic mass is 10.0. The molecule has 0 rings (SSSR count). The van der Waals surface area contributed by atoms with Crippen LogP contribution in [0, 0.1) is 0 Å². The van der Waals surface area contributed by atoms with Gasteiger partial charge >= 0.3 is 17.9 Å². The molecule has 1 atom stereocenters. The van der Waals surface area contributed by atoms with Crippen LogP contribution in [-0.2, 0) is 28.6 Å². The molecule has 0 saturated carbocycles. The molecule has 324 valence electrons. The average molecular weight is 793 g/mol. The fraction of sp³-hybridized carbons (Fsp3) is 0.667. The molecule has 0 aromatic rings. The molecule has 0 fully saturated rings. The van der Waals surface area contributed by atoms with Gasteiger partial charge in [-0.15, -0.1) is 0 Å². The topological polar surface area (TPSA) is 78.9 Å². The summed E-state index contributed by atoms with van der Waals surface area (Å²) in [6.45, 7) is 6.30. The number of unbranched alkanes of at least 4 members (excludes halogenated alkanes) is 18. The minimum absolute atomic E-state index is 0.0994. The third-order valence-electron chi connectivity index (χ3n) is 9.49. The molecule has 0 aromatic heterocycles. The van der Waals surface area contributed by atoms with Crippen molar-refractivity contribution in [2.45, 2.75) is 207 Å². The lowest BCUT2D eigenvalue weighted by molar-refractivity contribution is -0.167. The maximum absolute atomic E-state index is 12.7. The van der Waals surface area contributed by atoms with E-state index in [0.717, 1.165) is 96.3 Å². The van der Waals surface area contributed by atoms with E-state index in [9.17, 15) is 14.4 Å². The quantitative estimate of drug-likeness (QED) is 0.0202. The number of esters is 3. The first kappa shape index (κ1) is 53.6. The summed E-state index contributed by atoms with van der Waals surface area (Å²) in [7, 11) is 0. The number of carbonyl (C=O) groups excluding carboxylic acids is 3. The van der Waals surface area contributed by atoms with Gasteiger partial charge in [-0.25, -0.2) is 0 Å². The highest BCUT2D eigenvalue weighted by atomic mass is 16.6. The van der Waals surface area contributed by atoms with Gasteiger partial charge in [-0.2, -0.15) is 0 Å². The van der Waals surface area contributed by atoms with Crippen LogP contribution in [0.2, 0.25) is 0 Å². The molecule has 0 aliphatic carbocycles. The summed E-state index contributed by atoms with van der Waals surface area (Å²) in [6, 6.07) is 0. The monoisotopic (exact) mass is 793 g/mol. The number of allylic oxidation sites excluding steroid dienone is 14. The van der Waals surface area contributed by atoms with Crippen molar-refractivity contribution in [1.29, 1.82) is 0 Å². The van der Waals surface area contributed by atoms with E-state index in [2.05, 4.69) is 81.5 Å². The lowest BCUT2D eigenvalue weighted by Gasteiger charge is -2.18. The Balaban J connectivity index is 4.48. The summed E-state index contributed by atoms with van der Waals surface area (Å²) in [5, 5.41) is 0. The van der Waals surface area contributed by atoms with Crippen molar-refractivity contribution in [1.82, 2.24) is 0 Å². The van der Waals surface area contributed by atoms with E-state index in [-0.39, 0.29) is 37.5 Å². The fourth-order valence-corrected chi connectivity index (χ4v) is 6.05. The molecular formula is C51H84O6. The number of rotatable bonds is 40.